The smallest absolute Gasteiger partial charge is 0.293 e. The molecule has 1 saturated heterocycles. The number of rotatable bonds is 2. The molecular weight excluding hydrogens is 150 g/mol. The predicted octanol–water partition coefficient (Wildman–Crippen LogP) is 0.278. The van der Waals surface area contributed by atoms with Crippen LogP contribution < -0.4 is 4.72 Å². The third-order valence-corrected chi connectivity index (χ3v) is 2.19. The van der Waals surface area contributed by atoms with Gasteiger partial charge >= 0.3 is 0 Å². The highest BCUT2D eigenvalue weighted by Gasteiger charge is 2.31. The Bertz CT molecular complexity index is 190. The van der Waals surface area contributed by atoms with E-state index in [1.807, 2.05) is 0 Å². The van der Waals surface area contributed by atoms with Crippen molar-refractivity contribution >= 4 is 23.6 Å². The largest absolute Gasteiger partial charge is 0.298 e. The van der Waals surface area contributed by atoms with Crippen molar-refractivity contribution < 1.29 is 9.59 Å². The molecule has 3 nitrogen and oxygen atoms in total. The van der Waals surface area contributed by atoms with Crippen molar-refractivity contribution in [3.8, 4) is 0 Å². The molecule has 0 radical (unpaired) electrons. The molecule has 0 aliphatic carbocycles. The SMILES string of the molecule is C=CCC1SNC(=O)C1=O. The number of Topliss-reactive ketones (excluding diaryl/α,β-unsaturated/α-hetero) is 1. The highest BCUT2D eigenvalue weighted by molar-refractivity contribution is 8.00. The summed E-state index contributed by atoms with van der Waals surface area (Å²) in [4.78, 5) is 21.4. The molecular formula is C6H7NO2S. The van der Waals surface area contributed by atoms with E-state index >= 15 is 0 Å². The van der Waals surface area contributed by atoms with Crippen molar-refractivity contribution in [2.75, 3.05) is 0 Å². The normalized spacial score (nSPS) is 24.6. The number of nitrogens with one attached hydrogen (secondary N) is 1. The Morgan fingerprint density at radius 3 is 2.80 bits per heavy atom. The first kappa shape index (κ1) is 7.34. The first-order chi connectivity index (χ1) is 4.75. The Kier molecular flexibility index (Phi) is 2.11. The van der Waals surface area contributed by atoms with E-state index in [2.05, 4.69) is 11.3 Å². The zero-order valence-corrected chi connectivity index (χ0v) is 6.11. The van der Waals surface area contributed by atoms with Crippen molar-refractivity contribution in [3.05, 3.63) is 12.7 Å². The van der Waals surface area contributed by atoms with Crippen LogP contribution in [-0.2, 0) is 9.59 Å². The van der Waals surface area contributed by atoms with E-state index in [0.717, 1.165) is 11.9 Å². The van der Waals surface area contributed by atoms with E-state index < -0.39 is 5.91 Å². The second kappa shape index (κ2) is 2.88. The molecule has 1 unspecified atom stereocenters. The van der Waals surface area contributed by atoms with Crippen LogP contribution in [0.2, 0.25) is 0 Å². The summed E-state index contributed by atoms with van der Waals surface area (Å²) in [5, 5.41) is -0.245. The molecule has 1 rings (SSSR count). The number of hydrogen-bond donors (Lipinski definition) is 1. The first-order valence-electron chi connectivity index (χ1n) is 2.86. The van der Waals surface area contributed by atoms with Gasteiger partial charge in [-0.1, -0.05) is 6.08 Å². The van der Waals surface area contributed by atoms with Crippen LogP contribution in [0.25, 0.3) is 0 Å². The minimum Gasteiger partial charge on any atom is -0.293 e. The fraction of sp³-hybridized carbons (Fsp3) is 0.333. The summed E-state index contributed by atoms with van der Waals surface area (Å²) >= 11 is 1.16. The number of ketones is 1. The number of hydrogen-bond acceptors (Lipinski definition) is 3. The highest BCUT2D eigenvalue weighted by atomic mass is 32.2. The summed E-state index contributed by atoms with van der Waals surface area (Å²) < 4.78 is 2.38. The number of allylic oxidation sites excluding steroid dienone is 1. The lowest BCUT2D eigenvalue weighted by molar-refractivity contribution is -0.135. The Balaban J connectivity index is 2.57. The van der Waals surface area contributed by atoms with Crippen molar-refractivity contribution in [1.82, 2.24) is 4.72 Å². The minimum absolute atomic E-state index is 0.245. The maximum atomic E-state index is 10.8. The lowest BCUT2D eigenvalue weighted by atomic mass is 10.2. The van der Waals surface area contributed by atoms with Crippen LogP contribution in [-0.4, -0.2) is 16.9 Å². The van der Waals surface area contributed by atoms with Crippen molar-refractivity contribution in [2.24, 2.45) is 0 Å². The molecule has 0 spiro atoms. The summed E-state index contributed by atoms with van der Waals surface area (Å²) in [5.74, 6) is -0.832. The number of carbonyl (C=O) groups is 2. The molecule has 1 N–H and O–H groups in total. The van der Waals surface area contributed by atoms with Gasteiger partial charge in [-0.05, 0) is 18.4 Å². The molecule has 0 bridgehead atoms. The molecule has 1 atom stereocenters. The molecule has 54 valence electrons. The Hall–Kier alpha value is -0.770. The van der Waals surface area contributed by atoms with Crippen LogP contribution in [0, 0.1) is 0 Å². The van der Waals surface area contributed by atoms with Gasteiger partial charge in [-0.2, -0.15) is 0 Å². The minimum atomic E-state index is -0.489. The van der Waals surface area contributed by atoms with Gasteiger partial charge in [0, 0.05) is 0 Å². The van der Waals surface area contributed by atoms with Gasteiger partial charge in [0.15, 0.2) is 0 Å². The number of carbonyl (C=O) groups excluding carboxylic acids is 2. The molecule has 0 aromatic carbocycles. The van der Waals surface area contributed by atoms with Gasteiger partial charge in [0.25, 0.3) is 5.91 Å². The average Bonchev–Trinajstić information content (AvgIpc) is 2.20. The van der Waals surface area contributed by atoms with E-state index in [9.17, 15) is 9.59 Å². The van der Waals surface area contributed by atoms with Crippen molar-refractivity contribution in [2.45, 2.75) is 11.7 Å². The van der Waals surface area contributed by atoms with Gasteiger partial charge in [-0.3, -0.25) is 14.3 Å². The quantitative estimate of drug-likeness (QED) is 0.356. The molecule has 4 heteroatoms. The monoisotopic (exact) mass is 157 g/mol. The van der Waals surface area contributed by atoms with Gasteiger partial charge in [0.1, 0.15) is 0 Å². The lowest BCUT2D eigenvalue weighted by Crippen LogP contribution is -2.20. The Morgan fingerprint density at radius 2 is 2.40 bits per heavy atom. The van der Waals surface area contributed by atoms with Gasteiger partial charge in [-0.25, -0.2) is 0 Å². The maximum Gasteiger partial charge on any atom is 0.298 e. The van der Waals surface area contributed by atoms with E-state index in [4.69, 9.17) is 0 Å². The lowest BCUT2D eigenvalue weighted by Gasteiger charge is -1.96. The number of amides is 1. The van der Waals surface area contributed by atoms with Gasteiger partial charge in [0.05, 0.1) is 5.25 Å². The van der Waals surface area contributed by atoms with Crippen LogP contribution in [0.1, 0.15) is 6.42 Å². The fourth-order valence-electron chi connectivity index (χ4n) is 0.681. The predicted molar refractivity (Wildman–Crippen MR) is 39.3 cm³/mol. The van der Waals surface area contributed by atoms with Crippen LogP contribution in [0.15, 0.2) is 12.7 Å². The molecule has 0 aromatic heterocycles. The molecule has 1 aliphatic heterocycles. The standard InChI is InChI=1S/C6H7NO2S/c1-2-3-4-5(8)6(9)7-10-4/h2,4H,1,3H2,(H,7,9). The second-order valence-corrected chi connectivity index (χ2v) is 2.94. The van der Waals surface area contributed by atoms with Crippen LogP contribution >= 0.6 is 11.9 Å². The summed E-state index contributed by atoms with van der Waals surface area (Å²) in [7, 11) is 0. The zero-order chi connectivity index (χ0) is 7.56. The molecule has 1 heterocycles. The first-order valence-corrected chi connectivity index (χ1v) is 3.74. The van der Waals surface area contributed by atoms with Crippen molar-refractivity contribution in [1.29, 1.82) is 0 Å². The maximum absolute atomic E-state index is 10.8. The fourth-order valence-corrected chi connectivity index (χ4v) is 1.48. The molecule has 0 saturated carbocycles. The Labute approximate surface area is 63.0 Å². The van der Waals surface area contributed by atoms with Crippen LogP contribution in [0.3, 0.4) is 0 Å². The van der Waals surface area contributed by atoms with E-state index in [-0.39, 0.29) is 11.0 Å². The average molecular weight is 157 g/mol. The van der Waals surface area contributed by atoms with Crippen LogP contribution in [0.4, 0.5) is 0 Å². The van der Waals surface area contributed by atoms with Gasteiger partial charge < -0.3 is 0 Å². The third kappa shape index (κ3) is 1.21. The zero-order valence-electron chi connectivity index (χ0n) is 5.29. The summed E-state index contributed by atoms with van der Waals surface area (Å²) in [6, 6.07) is 0. The van der Waals surface area contributed by atoms with Crippen molar-refractivity contribution in [3.63, 3.8) is 0 Å². The highest BCUT2D eigenvalue weighted by Crippen LogP contribution is 2.18. The Morgan fingerprint density at radius 1 is 1.70 bits per heavy atom. The molecule has 0 aromatic rings. The van der Waals surface area contributed by atoms with Gasteiger partial charge in [0.2, 0.25) is 5.78 Å². The molecule has 1 fully saturated rings. The van der Waals surface area contributed by atoms with Gasteiger partial charge in [-0.15, -0.1) is 6.58 Å². The molecule has 1 amide bonds. The third-order valence-electron chi connectivity index (χ3n) is 1.19. The second-order valence-electron chi connectivity index (χ2n) is 1.93. The van der Waals surface area contributed by atoms with E-state index in [1.165, 1.54) is 0 Å². The summed E-state index contributed by atoms with van der Waals surface area (Å²) in [6.45, 7) is 3.48. The van der Waals surface area contributed by atoms with E-state index in [0.29, 0.717) is 6.42 Å². The topological polar surface area (TPSA) is 46.2 Å². The summed E-state index contributed by atoms with van der Waals surface area (Å²) in [5.41, 5.74) is 0. The summed E-state index contributed by atoms with van der Waals surface area (Å²) in [6.07, 6.45) is 2.19. The van der Waals surface area contributed by atoms with E-state index in [1.54, 1.807) is 6.08 Å². The molecule has 1 aliphatic rings. The van der Waals surface area contributed by atoms with Crippen LogP contribution in [0.5, 0.6) is 0 Å². The molecule has 10 heavy (non-hydrogen) atoms.